The van der Waals surface area contributed by atoms with Crippen molar-refractivity contribution in [3.63, 3.8) is 0 Å². The Morgan fingerprint density at radius 2 is 1.92 bits per heavy atom. The Morgan fingerprint density at radius 3 is 2.46 bits per heavy atom. The maximum atomic E-state index is 12.9. The Morgan fingerprint density at radius 1 is 1.25 bits per heavy atom. The van der Waals surface area contributed by atoms with Crippen molar-refractivity contribution in [1.29, 1.82) is 0 Å². The predicted molar refractivity (Wildman–Crippen MR) is 83.0 cm³/mol. The van der Waals surface area contributed by atoms with Gasteiger partial charge < -0.3 is 4.74 Å². The van der Waals surface area contributed by atoms with Crippen molar-refractivity contribution in [2.45, 2.75) is 78.2 Å². The van der Waals surface area contributed by atoms with Gasteiger partial charge in [-0.3, -0.25) is 4.79 Å². The highest BCUT2D eigenvalue weighted by atomic mass is 19.4. The molecule has 1 rings (SSSR count). The summed E-state index contributed by atoms with van der Waals surface area (Å²) in [6, 6.07) is 0. The highest BCUT2D eigenvalue weighted by Gasteiger charge is 2.46. The highest BCUT2D eigenvalue weighted by molar-refractivity contribution is 5.79. The second-order valence-corrected chi connectivity index (χ2v) is 6.87. The Labute approximate surface area is 142 Å². The van der Waals surface area contributed by atoms with Crippen molar-refractivity contribution in [1.82, 2.24) is 0 Å². The molecule has 0 heterocycles. The van der Waals surface area contributed by atoms with E-state index in [9.17, 15) is 18.0 Å². The topological polar surface area (TPSA) is 44.8 Å². The van der Waals surface area contributed by atoms with Crippen molar-refractivity contribution in [3.8, 4) is 0 Å². The zero-order valence-corrected chi connectivity index (χ0v) is 14.9. The summed E-state index contributed by atoms with van der Waals surface area (Å²) in [4.78, 5) is 21.7. The van der Waals surface area contributed by atoms with E-state index in [0.717, 1.165) is 12.8 Å². The molecule has 0 aromatic heterocycles. The molecular weight excluding hydrogens is 325 g/mol. The number of ketones is 1. The summed E-state index contributed by atoms with van der Waals surface area (Å²) in [5, 5.41) is 0. The van der Waals surface area contributed by atoms with Gasteiger partial charge in [-0.2, -0.15) is 13.2 Å². The van der Waals surface area contributed by atoms with Gasteiger partial charge in [0.2, 0.25) is 0 Å². The van der Waals surface area contributed by atoms with Gasteiger partial charge in [0.25, 0.3) is 0 Å². The van der Waals surface area contributed by atoms with Crippen LogP contribution < -0.4 is 0 Å². The Kier molecular flexibility index (Phi) is 8.67. The van der Waals surface area contributed by atoms with Gasteiger partial charge in [0, 0.05) is 5.92 Å². The van der Waals surface area contributed by atoms with Crippen molar-refractivity contribution in [2.75, 3.05) is 6.79 Å². The quantitative estimate of drug-likeness (QED) is 0.261. The van der Waals surface area contributed by atoms with Crippen LogP contribution in [0.2, 0.25) is 0 Å². The van der Waals surface area contributed by atoms with Crippen LogP contribution in [-0.4, -0.2) is 31.0 Å². The third-order valence-electron chi connectivity index (χ3n) is 4.80. The summed E-state index contributed by atoms with van der Waals surface area (Å²) in [7, 11) is 0. The lowest BCUT2D eigenvalue weighted by molar-refractivity contribution is -0.378. The van der Waals surface area contributed by atoms with Crippen molar-refractivity contribution in [3.05, 3.63) is 0 Å². The fourth-order valence-corrected chi connectivity index (χ4v) is 3.06. The lowest BCUT2D eigenvalue weighted by Crippen LogP contribution is -2.40. The Bertz CT molecular complexity index is 387. The molecule has 1 aliphatic carbocycles. The minimum atomic E-state index is -4.27. The average Bonchev–Trinajstić information content (AvgIpc) is 2.50. The van der Waals surface area contributed by atoms with E-state index in [-0.39, 0.29) is 37.9 Å². The molecule has 0 amide bonds. The van der Waals surface area contributed by atoms with Gasteiger partial charge in [0.15, 0.2) is 6.79 Å². The standard InChI is InChI=1S/C17H29F3O4/c1-5-11(2)8-12(3)22-10-23-24-16-9-14(17(18,19)20)6-7-15(16)13(4)21/h11-12,14-16H,5-10H2,1-4H3. The molecule has 0 saturated heterocycles. The summed E-state index contributed by atoms with van der Waals surface area (Å²) in [6.07, 6.45) is -3.39. The number of rotatable bonds is 9. The SMILES string of the molecule is CCC(C)CC(C)OCOOC1CC(C(F)(F)F)CCC1C(C)=O. The molecule has 1 saturated carbocycles. The van der Waals surface area contributed by atoms with Gasteiger partial charge in [0.05, 0.1) is 12.0 Å². The maximum Gasteiger partial charge on any atom is 0.391 e. The van der Waals surface area contributed by atoms with Crippen LogP contribution >= 0.6 is 0 Å². The highest BCUT2D eigenvalue weighted by Crippen LogP contribution is 2.41. The summed E-state index contributed by atoms with van der Waals surface area (Å²) in [5.41, 5.74) is 0. The van der Waals surface area contributed by atoms with E-state index in [1.54, 1.807) is 0 Å². The van der Waals surface area contributed by atoms with Crippen LogP contribution in [0.3, 0.4) is 0 Å². The number of carbonyl (C=O) groups is 1. The minimum absolute atomic E-state index is 0.0265. The van der Waals surface area contributed by atoms with Crippen LogP contribution in [0.5, 0.6) is 0 Å². The summed E-state index contributed by atoms with van der Waals surface area (Å²) in [5.74, 6) is -1.66. The number of Topliss-reactive ketones (excluding diaryl/α,β-unsaturated/α-hetero) is 1. The largest absolute Gasteiger partial charge is 0.391 e. The first kappa shape index (κ1) is 21.4. The van der Waals surface area contributed by atoms with Crippen LogP contribution in [0.15, 0.2) is 0 Å². The van der Waals surface area contributed by atoms with E-state index in [2.05, 4.69) is 13.8 Å². The first-order valence-corrected chi connectivity index (χ1v) is 8.62. The zero-order chi connectivity index (χ0) is 18.3. The minimum Gasteiger partial charge on any atom is -0.349 e. The molecular formula is C17H29F3O4. The Hall–Kier alpha value is -0.660. The molecule has 0 aromatic carbocycles. The van der Waals surface area contributed by atoms with Gasteiger partial charge in [-0.15, -0.1) is 0 Å². The zero-order valence-electron chi connectivity index (χ0n) is 14.9. The molecule has 5 unspecified atom stereocenters. The molecule has 5 atom stereocenters. The summed E-state index contributed by atoms with van der Waals surface area (Å²) < 4.78 is 44.1. The second kappa shape index (κ2) is 9.73. The molecule has 0 radical (unpaired) electrons. The first-order valence-electron chi connectivity index (χ1n) is 8.62. The molecule has 0 spiro atoms. The molecule has 1 fully saturated rings. The number of hydrogen-bond donors (Lipinski definition) is 0. The van der Waals surface area contributed by atoms with Gasteiger partial charge in [-0.25, -0.2) is 9.78 Å². The molecule has 0 bridgehead atoms. The Balaban J connectivity index is 2.42. The van der Waals surface area contributed by atoms with Gasteiger partial charge in [-0.1, -0.05) is 20.3 Å². The number of carbonyl (C=O) groups excluding carboxylic acids is 1. The molecule has 4 nitrogen and oxygen atoms in total. The fraction of sp³-hybridized carbons (Fsp3) is 0.941. The van der Waals surface area contributed by atoms with Gasteiger partial charge >= 0.3 is 6.18 Å². The van der Waals surface area contributed by atoms with E-state index < -0.39 is 24.1 Å². The van der Waals surface area contributed by atoms with Gasteiger partial charge in [-0.05, 0) is 45.4 Å². The van der Waals surface area contributed by atoms with Crippen LogP contribution in [0.4, 0.5) is 13.2 Å². The van der Waals surface area contributed by atoms with Crippen LogP contribution in [-0.2, 0) is 19.3 Å². The number of ether oxygens (including phenoxy) is 1. The molecule has 7 heteroatoms. The van der Waals surface area contributed by atoms with Crippen molar-refractivity contribution < 1.29 is 32.5 Å². The first-order chi connectivity index (χ1) is 11.1. The van der Waals surface area contributed by atoms with E-state index in [1.807, 2.05) is 6.92 Å². The monoisotopic (exact) mass is 354 g/mol. The van der Waals surface area contributed by atoms with Crippen molar-refractivity contribution in [2.24, 2.45) is 17.8 Å². The molecule has 24 heavy (non-hydrogen) atoms. The van der Waals surface area contributed by atoms with Crippen LogP contribution in [0.25, 0.3) is 0 Å². The average molecular weight is 354 g/mol. The lowest BCUT2D eigenvalue weighted by Gasteiger charge is -2.34. The van der Waals surface area contributed by atoms with Crippen LogP contribution in [0, 0.1) is 17.8 Å². The smallest absolute Gasteiger partial charge is 0.349 e. The number of hydrogen-bond acceptors (Lipinski definition) is 4. The molecule has 0 aliphatic heterocycles. The maximum absolute atomic E-state index is 12.9. The summed E-state index contributed by atoms with van der Waals surface area (Å²) in [6.45, 7) is 7.34. The van der Waals surface area contributed by atoms with Crippen LogP contribution in [0.1, 0.15) is 59.8 Å². The van der Waals surface area contributed by atoms with E-state index >= 15 is 0 Å². The molecule has 0 aromatic rings. The fourth-order valence-electron chi connectivity index (χ4n) is 3.06. The van der Waals surface area contributed by atoms with Crippen molar-refractivity contribution >= 4 is 5.78 Å². The van der Waals surface area contributed by atoms with E-state index in [4.69, 9.17) is 14.5 Å². The third-order valence-corrected chi connectivity index (χ3v) is 4.80. The van der Waals surface area contributed by atoms with Gasteiger partial charge in [0.1, 0.15) is 11.9 Å². The van der Waals surface area contributed by atoms with E-state index in [1.165, 1.54) is 6.92 Å². The number of alkyl halides is 3. The lowest BCUT2D eigenvalue weighted by atomic mass is 9.78. The number of halogens is 3. The molecule has 142 valence electrons. The molecule has 1 aliphatic rings. The van der Waals surface area contributed by atoms with E-state index in [0.29, 0.717) is 5.92 Å². The predicted octanol–water partition coefficient (Wildman–Crippen LogP) is 4.67. The normalized spacial score (nSPS) is 27.7. The summed E-state index contributed by atoms with van der Waals surface area (Å²) >= 11 is 0. The second-order valence-electron chi connectivity index (χ2n) is 6.87. The third kappa shape index (κ3) is 7.07. The molecule has 0 N–H and O–H groups in total.